The van der Waals surface area contributed by atoms with E-state index in [2.05, 4.69) is 13.8 Å². The third-order valence-electron chi connectivity index (χ3n) is 2.72. The Morgan fingerprint density at radius 2 is 2.00 bits per heavy atom. The van der Waals surface area contributed by atoms with Crippen molar-refractivity contribution in [3.8, 4) is 5.75 Å². The van der Waals surface area contributed by atoms with Gasteiger partial charge in [0, 0.05) is 19.2 Å². The molecule has 0 aromatic carbocycles. The van der Waals surface area contributed by atoms with Crippen molar-refractivity contribution in [3.63, 3.8) is 0 Å². The third-order valence-corrected chi connectivity index (χ3v) is 2.72. The molecule has 1 aromatic rings. The monoisotopic (exact) mass is 224 g/mol. The summed E-state index contributed by atoms with van der Waals surface area (Å²) in [6.45, 7) is 5.83. The summed E-state index contributed by atoms with van der Waals surface area (Å²) in [6, 6.07) is 3.94. The fourth-order valence-corrected chi connectivity index (χ4v) is 1.36. The predicted octanol–water partition coefficient (Wildman–Crippen LogP) is 2.39. The topological polar surface area (TPSA) is 22.3 Å². The van der Waals surface area contributed by atoms with Gasteiger partial charge in [-0.3, -0.25) is 0 Å². The summed E-state index contributed by atoms with van der Waals surface area (Å²) >= 11 is 0. The largest absolute Gasteiger partial charge is 0.493 e. The van der Waals surface area contributed by atoms with E-state index in [1.54, 1.807) is 7.11 Å². The molecule has 1 rings (SSSR count). The number of nitrogens with zero attached hydrogens (tertiary/aromatic N) is 1. The summed E-state index contributed by atoms with van der Waals surface area (Å²) in [6.07, 6.45) is 6.25. The van der Waals surface area contributed by atoms with Crippen molar-refractivity contribution in [1.82, 2.24) is 0 Å². The molecule has 3 heteroatoms. The molecule has 0 saturated carbocycles. The van der Waals surface area contributed by atoms with Crippen molar-refractivity contribution in [2.24, 2.45) is 5.92 Å². The van der Waals surface area contributed by atoms with Crippen LogP contribution in [0.2, 0.25) is 0 Å². The number of aromatic nitrogens is 1. The van der Waals surface area contributed by atoms with E-state index in [0.29, 0.717) is 6.73 Å². The molecule has 90 valence electrons. The Hall–Kier alpha value is -1.09. The molecule has 0 aliphatic carbocycles. The first-order valence-corrected chi connectivity index (χ1v) is 5.87. The number of hydrogen-bond acceptors (Lipinski definition) is 2. The molecule has 1 aromatic heterocycles. The summed E-state index contributed by atoms with van der Waals surface area (Å²) in [4.78, 5) is 0. The van der Waals surface area contributed by atoms with Crippen LogP contribution in [0.1, 0.15) is 26.7 Å². The number of rotatable bonds is 7. The highest BCUT2D eigenvalue weighted by atomic mass is 16.5. The van der Waals surface area contributed by atoms with E-state index in [1.807, 2.05) is 29.1 Å². The smallest absolute Gasteiger partial charge is 0.252 e. The highest BCUT2D eigenvalue weighted by Gasteiger charge is 2.02. The van der Waals surface area contributed by atoms with Gasteiger partial charge in [-0.25, -0.2) is 0 Å². The lowest BCUT2D eigenvalue weighted by atomic mass is 10.1. The van der Waals surface area contributed by atoms with Gasteiger partial charge in [-0.15, -0.1) is 0 Å². The summed E-state index contributed by atoms with van der Waals surface area (Å²) in [5, 5.41) is 0. The SMILES string of the molecule is CCC(C)CCOc1cc[n+](COC)cc1. The number of methoxy groups -OCH3 is 1. The van der Waals surface area contributed by atoms with Gasteiger partial charge in [0.2, 0.25) is 0 Å². The Bertz CT molecular complexity index is 284. The van der Waals surface area contributed by atoms with Gasteiger partial charge in [-0.2, -0.15) is 4.57 Å². The minimum absolute atomic E-state index is 0.577. The third kappa shape index (κ3) is 4.62. The molecule has 0 aliphatic rings. The van der Waals surface area contributed by atoms with Crippen molar-refractivity contribution in [1.29, 1.82) is 0 Å². The number of ether oxygens (including phenoxy) is 2. The quantitative estimate of drug-likeness (QED) is 0.664. The summed E-state index contributed by atoms with van der Waals surface area (Å²) in [5.41, 5.74) is 0. The maximum atomic E-state index is 5.66. The predicted molar refractivity (Wildman–Crippen MR) is 63.2 cm³/mol. The minimum atomic E-state index is 0.577. The average molecular weight is 224 g/mol. The zero-order valence-electron chi connectivity index (χ0n) is 10.5. The van der Waals surface area contributed by atoms with Gasteiger partial charge >= 0.3 is 0 Å². The Morgan fingerprint density at radius 1 is 1.31 bits per heavy atom. The van der Waals surface area contributed by atoms with E-state index >= 15 is 0 Å². The van der Waals surface area contributed by atoms with E-state index in [9.17, 15) is 0 Å². The van der Waals surface area contributed by atoms with Crippen LogP contribution in [0.25, 0.3) is 0 Å². The maximum Gasteiger partial charge on any atom is 0.252 e. The van der Waals surface area contributed by atoms with Gasteiger partial charge in [-0.05, 0) is 12.3 Å². The second-order valence-electron chi connectivity index (χ2n) is 4.12. The first-order chi connectivity index (χ1) is 7.76. The molecular formula is C13H22NO2+. The van der Waals surface area contributed by atoms with E-state index in [1.165, 1.54) is 6.42 Å². The van der Waals surface area contributed by atoms with Crippen LogP contribution in [0.4, 0.5) is 0 Å². The van der Waals surface area contributed by atoms with Gasteiger partial charge < -0.3 is 9.47 Å². The van der Waals surface area contributed by atoms with E-state index in [-0.39, 0.29) is 0 Å². The van der Waals surface area contributed by atoms with Crippen molar-refractivity contribution in [3.05, 3.63) is 24.5 Å². The molecular weight excluding hydrogens is 202 g/mol. The molecule has 0 bridgehead atoms. The van der Waals surface area contributed by atoms with Crippen LogP contribution in [0.15, 0.2) is 24.5 Å². The highest BCUT2D eigenvalue weighted by Crippen LogP contribution is 2.10. The molecule has 0 amide bonds. The molecule has 0 fully saturated rings. The Morgan fingerprint density at radius 3 is 2.56 bits per heavy atom. The molecule has 3 nitrogen and oxygen atoms in total. The zero-order chi connectivity index (χ0) is 11.8. The standard InChI is InChI=1S/C13H22NO2/c1-4-12(2)7-10-16-13-5-8-14(9-6-13)11-15-3/h5-6,8-9,12H,4,7,10-11H2,1-3H3/q+1. The zero-order valence-corrected chi connectivity index (χ0v) is 10.5. The Kier molecular flexibility index (Phi) is 5.86. The lowest BCUT2D eigenvalue weighted by Gasteiger charge is -2.09. The van der Waals surface area contributed by atoms with Crippen LogP contribution >= 0.6 is 0 Å². The number of pyridine rings is 1. The van der Waals surface area contributed by atoms with Crippen LogP contribution in [-0.4, -0.2) is 13.7 Å². The summed E-state index contributed by atoms with van der Waals surface area (Å²) < 4.78 is 12.6. The first-order valence-electron chi connectivity index (χ1n) is 5.87. The van der Waals surface area contributed by atoms with Crippen LogP contribution in [0, 0.1) is 5.92 Å². The molecule has 0 N–H and O–H groups in total. The maximum absolute atomic E-state index is 5.66. The van der Waals surface area contributed by atoms with E-state index in [0.717, 1.165) is 24.7 Å². The average Bonchev–Trinajstić information content (AvgIpc) is 2.31. The molecule has 1 heterocycles. The van der Waals surface area contributed by atoms with Crippen LogP contribution < -0.4 is 9.30 Å². The normalized spacial score (nSPS) is 12.4. The second-order valence-corrected chi connectivity index (χ2v) is 4.12. The van der Waals surface area contributed by atoms with Crippen molar-refractivity contribution >= 4 is 0 Å². The summed E-state index contributed by atoms with van der Waals surface area (Å²) in [5.74, 6) is 1.66. The second kappa shape index (κ2) is 7.23. The molecule has 0 saturated heterocycles. The van der Waals surface area contributed by atoms with Gasteiger partial charge in [0.25, 0.3) is 6.73 Å². The lowest BCUT2D eigenvalue weighted by molar-refractivity contribution is -0.731. The molecule has 1 unspecified atom stereocenters. The van der Waals surface area contributed by atoms with Crippen molar-refractivity contribution in [2.45, 2.75) is 33.4 Å². The van der Waals surface area contributed by atoms with Gasteiger partial charge in [0.1, 0.15) is 5.75 Å². The van der Waals surface area contributed by atoms with E-state index in [4.69, 9.17) is 9.47 Å². The minimum Gasteiger partial charge on any atom is -0.493 e. The van der Waals surface area contributed by atoms with Crippen molar-refractivity contribution in [2.75, 3.05) is 13.7 Å². The summed E-state index contributed by atoms with van der Waals surface area (Å²) in [7, 11) is 1.68. The van der Waals surface area contributed by atoms with Crippen LogP contribution in [0.3, 0.4) is 0 Å². The fraction of sp³-hybridized carbons (Fsp3) is 0.615. The molecule has 0 aliphatic heterocycles. The highest BCUT2D eigenvalue weighted by molar-refractivity contribution is 5.14. The van der Waals surface area contributed by atoms with Gasteiger partial charge in [0.05, 0.1) is 6.61 Å². The number of hydrogen-bond donors (Lipinski definition) is 0. The van der Waals surface area contributed by atoms with E-state index < -0.39 is 0 Å². The van der Waals surface area contributed by atoms with Crippen LogP contribution in [0.5, 0.6) is 5.75 Å². The molecule has 1 atom stereocenters. The molecule has 0 radical (unpaired) electrons. The Balaban J connectivity index is 2.31. The van der Waals surface area contributed by atoms with Gasteiger partial charge in [0.15, 0.2) is 12.4 Å². The Labute approximate surface area is 98.0 Å². The molecule has 0 spiro atoms. The lowest BCUT2D eigenvalue weighted by Crippen LogP contribution is -2.33. The first kappa shape index (κ1) is 13.0. The molecule has 16 heavy (non-hydrogen) atoms. The van der Waals surface area contributed by atoms with Gasteiger partial charge in [-0.1, -0.05) is 20.3 Å². The van der Waals surface area contributed by atoms with Crippen LogP contribution in [-0.2, 0) is 11.5 Å². The van der Waals surface area contributed by atoms with Crippen molar-refractivity contribution < 1.29 is 14.0 Å². The fourth-order valence-electron chi connectivity index (χ4n) is 1.36.